The summed E-state index contributed by atoms with van der Waals surface area (Å²) in [4.78, 5) is 2.99. The van der Waals surface area contributed by atoms with E-state index in [2.05, 4.69) is 73.6 Å². The first-order valence-electron chi connectivity index (χ1n) is 7.23. The van der Waals surface area contributed by atoms with Crippen molar-refractivity contribution in [2.24, 2.45) is 0 Å². The molecule has 4 rings (SSSR count). The van der Waals surface area contributed by atoms with Gasteiger partial charge in [0.25, 0.3) is 0 Å². The molecule has 1 heterocycles. The Morgan fingerprint density at radius 2 is 1.48 bits per heavy atom. The molecule has 0 aliphatic carbocycles. The van der Waals surface area contributed by atoms with Crippen LogP contribution in [0.5, 0.6) is 0 Å². The summed E-state index contributed by atoms with van der Waals surface area (Å²) in [5.74, 6) is 0. The molecule has 134 valence electrons. The molecule has 0 bridgehead atoms. The van der Waals surface area contributed by atoms with Gasteiger partial charge in [-0.15, -0.1) is 78.3 Å². The zero-order chi connectivity index (χ0) is 15.8. The first-order chi connectivity index (χ1) is 10.7. The van der Waals surface area contributed by atoms with Crippen molar-refractivity contribution in [1.29, 1.82) is 0 Å². The molecule has 0 atom stereocenters. The summed E-state index contributed by atoms with van der Waals surface area (Å²) < 4.78 is 1.51. The van der Waals surface area contributed by atoms with Crippen LogP contribution in [0.4, 0.5) is 0 Å². The van der Waals surface area contributed by atoms with Crippen LogP contribution in [0.2, 0.25) is 0 Å². The molecule has 0 saturated heterocycles. The summed E-state index contributed by atoms with van der Waals surface area (Å²) in [6, 6.07) is 24.7. The van der Waals surface area contributed by atoms with E-state index in [1.165, 1.54) is 19.4 Å². The van der Waals surface area contributed by atoms with Gasteiger partial charge in [0.05, 0.1) is 0 Å². The fourth-order valence-corrected chi connectivity index (χ4v) is 2.00. The smallest absolute Gasteiger partial charge is 0.0745 e. The van der Waals surface area contributed by atoms with E-state index in [1.807, 2.05) is 24.3 Å². The van der Waals surface area contributed by atoms with Gasteiger partial charge in [-0.1, -0.05) is 18.2 Å². The predicted octanol–water partition coefficient (Wildman–Crippen LogP) is 6.57. The molecule has 0 aliphatic heterocycles. The van der Waals surface area contributed by atoms with E-state index in [1.54, 1.807) is 24.2 Å². The fraction of sp³-hybridized carbons (Fsp3) is 0.0952. The van der Waals surface area contributed by atoms with Crippen molar-refractivity contribution in [2.75, 3.05) is 0 Å². The maximum absolute atomic E-state index is 2.99. The van der Waals surface area contributed by atoms with Gasteiger partial charge in [0.15, 0.2) is 0 Å². The first kappa shape index (κ1) is 26.2. The van der Waals surface area contributed by atoms with E-state index in [9.17, 15) is 0 Å². The molecular weight excluding hydrogens is 428 g/mol. The van der Waals surface area contributed by atoms with Crippen LogP contribution in [0.3, 0.4) is 0 Å². The Bertz CT molecular complexity index is 718. The van der Waals surface area contributed by atoms with Gasteiger partial charge in [-0.2, -0.15) is 29.0 Å². The van der Waals surface area contributed by atoms with Gasteiger partial charge >= 0.3 is 41.3 Å². The molecule has 1 aromatic heterocycles. The topological polar surface area (TPSA) is 15.8 Å². The number of halogens is 2. The number of hydrogen-bond acceptors (Lipinski definition) is 0. The second-order valence-electron chi connectivity index (χ2n) is 5.16. The van der Waals surface area contributed by atoms with Crippen LogP contribution in [0, 0.1) is 13.6 Å². The normalized spacial score (nSPS) is 8.36. The molecule has 1 N–H and O–H groups in total. The van der Waals surface area contributed by atoms with Gasteiger partial charge in [0, 0.05) is 0 Å². The largest absolute Gasteiger partial charge is 0.477 e. The van der Waals surface area contributed by atoms with Crippen molar-refractivity contribution in [1.82, 2.24) is 4.98 Å². The third kappa shape index (κ3) is 9.26. The van der Waals surface area contributed by atoms with Crippen LogP contribution in [0.15, 0.2) is 72.8 Å². The molecule has 4 heteroatoms. The van der Waals surface area contributed by atoms with Gasteiger partial charge in [-0.25, -0.2) is 0 Å². The molecule has 0 aliphatic rings. The Labute approximate surface area is 178 Å². The third-order valence-electron chi connectivity index (χ3n) is 2.94. The van der Waals surface area contributed by atoms with Crippen LogP contribution >= 0.6 is 24.8 Å². The zero-order valence-electron chi connectivity index (χ0n) is 14.7. The number of nitrogens with one attached hydrogen (secondary N) is 1. The van der Waals surface area contributed by atoms with Gasteiger partial charge in [-0.3, -0.25) is 0 Å². The Hall–Kier alpha value is -1.08. The molecule has 0 unspecified atom stereocenters. The quantitative estimate of drug-likeness (QED) is 0.291. The minimum atomic E-state index is 0. The van der Waals surface area contributed by atoms with Crippen molar-refractivity contribution in [3.05, 3.63) is 86.4 Å². The third-order valence-corrected chi connectivity index (χ3v) is 2.94. The molecular formula is C21H24Cl2NZr-3. The molecule has 0 saturated carbocycles. The molecule has 0 spiro atoms. The number of para-hydroxylation sites is 1. The van der Waals surface area contributed by atoms with Crippen molar-refractivity contribution >= 4 is 49.7 Å². The Morgan fingerprint density at radius 1 is 0.920 bits per heavy atom. The van der Waals surface area contributed by atoms with Crippen molar-refractivity contribution in [3.8, 4) is 0 Å². The molecule has 25 heavy (non-hydrogen) atoms. The molecule has 4 aromatic rings. The van der Waals surface area contributed by atoms with Gasteiger partial charge in [0.1, 0.15) is 0 Å². The molecule has 0 fully saturated rings. The summed E-state index contributed by atoms with van der Waals surface area (Å²) in [5, 5.41) is 3.88. The molecule has 1 nitrogen and oxygen atoms in total. The monoisotopic (exact) mass is 450 g/mol. The van der Waals surface area contributed by atoms with Crippen molar-refractivity contribution < 1.29 is 24.2 Å². The van der Waals surface area contributed by atoms with Crippen LogP contribution in [-0.2, 0) is 24.2 Å². The van der Waals surface area contributed by atoms with Crippen molar-refractivity contribution in [2.45, 2.75) is 13.8 Å². The summed E-state index contributed by atoms with van der Waals surface area (Å²) in [5.41, 5.74) is 1.15. The van der Waals surface area contributed by atoms with Gasteiger partial charge < -0.3 is 12.4 Å². The van der Waals surface area contributed by atoms with E-state index >= 15 is 0 Å². The summed E-state index contributed by atoms with van der Waals surface area (Å²) in [6.07, 6.45) is 2.91. The minimum Gasteiger partial charge on any atom is -0.477 e. The first-order valence-corrected chi connectivity index (χ1v) is 8.46. The average molecular weight is 453 g/mol. The van der Waals surface area contributed by atoms with Crippen LogP contribution in [0.1, 0.15) is 13.8 Å². The predicted molar refractivity (Wildman–Crippen MR) is 114 cm³/mol. The summed E-state index contributed by atoms with van der Waals surface area (Å²) >= 11 is 1.55. The van der Waals surface area contributed by atoms with E-state index in [4.69, 9.17) is 0 Å². The fourth-order valence-electron chi connectivity index (χ4n) is 2.00. The second-order valence-corrected chi connectivity index (χ2v) is 7.61. The Morgan fingerprint density at radius 3 is 2.08 bits per heavy atom. The number of aromatic nitrogens is 1. The van der Waals surface area contributed by atoms with E-state index in [0.717, 1.165) is 5.52 Å². The second kappa shape index (κ2) is 14.1. The molecule has 0 radical (unpaired) electrons. The number of aromatic amines is 1. The van der Waals surface area contributed by atoms with Crippen LogP contribution in [-0.4, -0.2) is 8.19 Å². The molecule has 0 amide bonds. The summed E-state index contributed by atoms with van der Waals surface area (Å²) in [7, 11) is 0. The SMILES string of the molecule is C[C](C)=[Zr].Cl.Cl.[CH3-].[c-]1cc2ccccc2[nH]1.c1ccc2[cH-]ccc2c1. The minimum absolute atomic E-state index is 0. The van der Waals surface area contributed by atoms with E-state index in [-0.39, 0.29) is 32.2 Å². The van der Waals surface area contributed by atoms with E-state index in [0.29, 0.717) is 0 Å². The van der Waals surface area contributed by atoms with E-state index < -0.39 is 0 Å². The Balaban J connectivity index is 0. The summed E-state index contributed by atoms with van der Waals surface area (Å²) in [6.45, 7) is 4.25. The molecule has 3 aromatic carbocycles. The van der Waals surface area contributed by atoms with Crippen LogP contribution in [0.25, 0.3) is 21.7 Å². The van der Waals surface area contributed by atoms with Gasteiger partial charge in [-0.05, 0) is 0 Å². The number of hydrogen-bond donors (Lipinski definition) is 1. The maximum Gasteiger partial charge on any atom is -0.0745 e. The average Bonchev–Trinajstić information content (AvgIpc) is 3.16. The number of H-pyrrole nitrogens is 1. The maximum atomic E-state index is 2.99. The number of benzene rings is 2. The number of fused-ring (bicyclic) bond motifs is 2. The standard InChI is InChI=1S/C9H7.C8H6N.C3H6.CH3.2ClH.Zr/c1-2-5-9-7-3-6-8(9)4-1;1-2-4-8-7(3-1)5-6-9-8;1-3-2;;;;/h1-7H;1-5,9H;1-2H3;1H3;2*1H;/q2*-1;;-1;;;. The van der Waals surface area contributed by atoms with Crippen molar-refractivity contribution in [3.63, 3.8) is 0 Å². The van der Waals surface area contributed by atoms with Gasteiger partial charge in [0.2, 0.25) is 0 Å². The number of rotatable bonds is 0. The van der Waals surface area contributed by atoms with Crippen LogP contribution < -0.4 is 0 Å². The Kier molecular flexibility index (Phi) is 14.8. The zero-order valence-corrected chi connectivity index (χ0v) is 18.8.